The molecule has 0 aliphatic carbocycles. The van der Waals surface area contributed by atoms with Crippen LogP contribution < -0.4 is 10.3 Å². The van der Waals surface area contributed by atoms with Gasteiger partial charge < -0.3 is 9.64 Å². The van der Waals surface area contributed by atoms with Crippen LogP contribution in [0, 0.1) is 0 Å². The molecule has 1 saturated heterocycles. The molecule has 3 rings (SSSR count). The first-order valence-electron chi connectivity index (χ1n) is 8.87. The molecule has 28 heavy (non-hydrogen) atoms. The van der Waals surface area contributed by atoms with Gasteiger partial charge in [-0.3, -0.25) is 9.59 Å². The van der Waals surface area contributed by atoms with E-state index >= 15 is 0 Å². The summed E-state index contributed by atoms with van der Waals surface area (Å²) in [6.45, 7) is 0.992. The lowest BCUT2D eigenvalue weighted by Gasteiger charge is -2.32. The molecule has 9 heteroatoms. The van der Waals surface area contributed by atoms with E-state index in [9.17, 15) is 22.8 Å². The van der Waals surface area contributed by atoms with Gasteiger partial charge in [0, 0.05) is 39.0 Å². The fourth-order valence-corrected chi connectivity index (χ4v) is 3.05. The van der Waals surface area contributed by atoms with Crippen LogP contribution >= 0.6 is 0 Å². The summed E-state index contributed by atoms with van der Waals surface area (Å²) in [5.74, 6) is 0.298. The van der Waals surface area contributed by atoms with Crippen molar-refractivity contribution in [1.82, 2.24) is 14.7 Å². The second kappa shape index (κ2) is 8.04. The van der Waals surface area contributed by atoms with E-state index in [0.717, 1.165) is 12.1 Å². The third kappa shape index (κ3) is 4.90. The van der Waals surface area contributed by atoms with Gasteiger partial charge in [-0.05, 0) is 30.3 Å². The van der Waals surface area contributed by atoms with Gasteiger partial charge in [0.1, 0.15) is 11.9 Å². The Kier molecular flexibility index (Phi) is 5.71. The Hall–Kier alpha value is -2.84. The van der Waals surface area contributed by atoms with Crippen LogP contribution in [0.25, 0.3) is 0 Å². The van der Waals surface area contributed by atoms with Gasteiger partial charge in [-0.25, -0.2) is 4.68 Å². The predicted molar refractivity (Wildman–Crippen MR) is 94.9 cm³/mol. The lowest BCUT2D eigenvalue weighted by atomic mass is 10.1. The smallest absolute Gasteiger partial charge is 0.416 e. The maximum absolute atomic E-state index is 12.6. The first kappa shape index (κ1) is 19.9. The molecule has 2 aromatic rings. The minimum absolute atomic E-state index is 0.0841. The molecule has 1 fully saturated rings. The molecular weight excluding hydrogens is 375 g/mol. The van der Waals surface area contributed by atoms with E-state index in [2.05, 4.69) is 5.10 Å². The molecule has 1 aromatic heterocycles. The molecule has 0 unspecified atom stereocenters. The normalized spacial score (nSPS) is 15.5. The maximum Gasteiger partial charge on any atom is 0.416 e. The number of piperidine rings is 1. The number of carbonyl (C=O) groups is 1. The van der Waals surface area contributed by atoms with E-state index in [1.807, 2.05) is 0 Å². The number of halogens is 3. The van der Waals surface area contributed by atoms with E-state index in [1.54, 1.807) is 11.0 Å². The fourth-order valence-electron chi connectivity index (χ4n) is 3.05. The summed E-state index contributed by atoms with van der Waals surface area (Å²) in [5.41, 5.74) is -0.431. The number of aromatic nitrogens is 2. The molecule has 1 aliphatic rings. The van der Waals surface area contributed by atoms with Gasteiger partial charge in [0.2, 0.25) is 5.91 Å². The molecule has 150 valence electrons. The number of benzene rings is 1. The van der Waals surface area contributed by atoms with Gasteiger partial charge in [0.15, 0.2) is 0 Å². The quantitative estimate of drug-likeness (QED) is 0.798. The van der Waals surface area contributed by atoms with Crippen LogP contribution in [0.1, 0.15) is 24.1 Å². The molecule has 0 saturated carbocycles. The van der Waals surface area contributed by atoms with Crippen LogP contribution in [0.4, 0.5) is 13.2 Å². The van der Waals surface area contributed by atoms with E-state index in [0.29, 0.717) is 37.4 Å². The molecule has 6 nitrogen and oxygen atoms in total. The van der Waals surface area contributed by atoms with Crippen LogP contribution in [-0.4, -0.2) is 39.8 Å². The highest BCUT2D eigenvalue weighted by atomic mass is 19.4. The van der Waals surface area contributed by atoms with Crippen molar-refractivity contribution in [1.29, 1.82) is 0 Å². The Balaban J connectivity index is 1.50. The van der Waals surface area contributed by atoms with E-state index in [-0.39, 0.29) is 24.0 Å². The molecule has 0 atom stereocenters. The Morgan fingerprint density at radius 2 is 1.79 bits per heavy atom. The Labute approximate surface area is 159 Å². The van der Waals surface area contributed by atoms with Crippen molar-refractivity contribution in [3.8, 4) is 5.75 Å². The number of aryl methyl sites for hydroxylation is 1. The fraction of sp³-hybridized carbons (Fsp3) is 0.421. The summed E-state index contributed by atoms with van der Waals surface area (Å²) in [6.07, 6.45) is -3.24. The second-order valence-corrected chi connectivity index (χ2v) is 6.68. The third-order valence-corrected chi connectivity index (χ3v) is 4.63. The van der Waals surface area contributed by atoms with Crippen molar-refractivity contribution in [3.05, 3.63) is 58.0 Å². The number of rotatable bonds is 4. The van der Waals surface area contributed by atoms with Gasteiger partial charge in [-0.2, -0.15) is 18.3 Å². The number of likely N-dealkylation sites (tertiary alicyclic amines) is 1. The van der Waals surface area contributed by atoms with Crippen molar-refractivity contribution in [2.45, 2.75) is 31.5 Å². The topological polar surface area (TPSA) is 64.4 Å². The number of alkyl halides is 3. The Morgan fingerprint density at radius 1 is 1.14 bits per heavy atom. The molecule has 0 spiro atoms. The molecule has 1 aromatic carbocycles. The van der Waals surface area contributed by atoms with Crippen LogP contribution in [-0.2, 0) is 24.4 Å². The van der Waals surface area contributed by atoms with E-state index < -0.39 is 11.7 Å². The third-order valence-electron chi connectivity index (χ3n) is 4.63. The summed E-state index contributed by atoms with van der Waals surface area (Å²) in [4.78, 5) is 25.5. The first-order valence-corrected chi connectivity index (χ1v) is 8.87. The lowest BCUT2D eigenvalue weighted by molar-refractivity contribution is -0.137. The van der Waals surface area contributed by atoms with Crippen LogP contribution in [0.5, 0.6) is 5.75 Å². The van der Waals surface area contributed by atoms with E-state index in [1.165, 1.54) is 29.9 Å². The number of nitrogens with zero attached hydrogens (tertiary/aromatic N) is 3. The summed E-state index contributed by atoms with van der Waals surface area (Å²) in [7, 11) is 1.53. The average molecular weight is 395 g/mol. The zero-order chi connectivity index (χ0) is 20.3. The van der Waals surface area contributed by atoms with E-state index in [4.69, 9.17) is 4.74 Å². The molecular formula is C19H20F3N3O3. The Morgan fingerprint density at radius 3 is 2.36 bits per heavy atom. The average Bonchev–Trinajstić information content (AvgIpc) is 2.65. The highest BCUT2D eigenvalue weighted by Crippen LogP contribution is 2.30. The SMILES string of the molecule is Cn1nc(CC(=O)N2CCC(Oc3ccc(C(F)(F)F)cc3)CC2)ccc1=O. The molecule has 2 heterocycles. The highest BCUT2D eigenvalue weighted by Gasteiger charge is 2.30. The van der Waals surface area contributed by atoms with Crippen molar-refractivity contribution in [2.24, 2.45) is 7.05 Å². The Bertz CT molecular complexity index is 886. The standard InChI is InChI=1S/C19H20F3N3O3/c1-24-17(26)7-4-14(23-24)12-18(27)25-10-8-16(9-11-25)28-15-5-2-13(3-6-15)19(20,21)22/h2-7,16H,8-12H2,1H3. The summed E-state index contributed by atoms with van der Waals surface area (Å²) < 4.78 is 44.7. The minimum atomic E-state index is -4.37. The van der Waals surface area contributed by atoms with Gasteiger partial charge in [-0.15, -0.1) is 0 Å². The lowest BCUT2D eigenvalue weighted by Crippen LogP contribution is -2.42. The van der Waals surface area contributed by atoms with Crippen molar-refractivity contribution in [3.63, 3.8) is 0 Å². The molecule has 1 aliphatic heterocycles. The number of amides is 1. The zero-order valence-corrected chi connectivity index (χ0v) is 15.3. The monoisotopic (exact) mass is 395 g/mol. The van der Waals surface area contributed by atoms with Crippen LogP contribution in [0.2, 0.25) is 0 Å². The number of hydrogen-bond donors (Lipinski definition) is 0. The molecule has 1 amide bonds. The summed E-state index contributed by atoms with van der Waals surface area (Å²) >= 11 is 0. The van der Waals surface area contributed by atoms with Crippen molar-refractivity contribution in [2.75, 3.05) is 13.1 Å². The van der Waals surface area contributed by atoms with Gasteiger partial charge in [0.25, 0.3) is 5.56 Å². The molecule has 0 bridgehead atoms. The highest BCUT2D eigenvalue weighted by molar-refractivity contribution is 5.78. The maximum atomic E-state index is 12.6. The number of hydrogen-bond acceptors (Lipinski definition) is 4. The second-order valence-electron chi connectivity index (χ2n) is 6.68. The predicted octanol–water partition coefficient (Wildman–Crippen LogP) is 2.41. The van der Waals surface area contributed by atoms with Gasteiger partial charge >= 0.3 is 6.18 Å². The molecule has 0 radical (unpaired) electrons. The number of carbonyl (C=O) groups excluding carboxylic acids is 1. The summed E-state index contributed by atoms with van der Waals surface area (Å²) in [6, 6.07) is 7.53. The first-order chi connectivity index (χ1) is 13.2. The number of ether oxygens (including phenoxy) is 1. The minimum Gasteiger partial charge on any atom is -0.490 e. The zero-order valence-electron chi connectivity index (χ0n) is 15.3. The van der Waals surface area contributed by atoms with Crippen LogP contribution in [0.3, 0.4) is 0 Å². The summed E-state index contributed by atoms with van der Waals surface area (Å²) in [5, 5.41) is 4.05. The van der Waals surface area contributed by atoms with Crippen molar-refractivity contribution < 1.29 is 22.7 Å². The van der Waals surface area contributed by atoms with Crippen molar-refractivity contribution >= 4 is 5.91 Å². The largest absolute Gasteiger partial charge is 0.490 e. The van der Waals surface area contributed by atoms with Gasteiger partial charge in [-0.1, -0.05) is 0 Å². The van der Waals surface area contributed by atoms with Crippen LogP contribution in [0.15, 0.2) is 41.2 Å². The van der Waals surface area contributed by atoms with Gasteiger partial charge in [0.05, 0.1) is 17.7 Å². The molecule has 0 N–H and O–H groups in total.